The molecule has 2 aromatic carbocycles. The summed E-state index contributed by atoms with van der Waals surface area (Å²) < 4.78 is 0. The first-order valence-corrected chi connectivity index (χ1v) is 7.73. The second kappa shape index (κ2) is 7.76. The third-order valence-electron chi connectivity index (χ3n) is 3.92. The molecule has 0 radical (unpaired) electrons. The van der Waals surface area contributed by atoms with Crippen molar-refractivity contribution in [2.75, 3.05) is 13.6 Å². The van der Waals surface area contributed by atoms with Crippen LogP contribution >= 0.6 is 0 Å². The molecule has 1 amide bonds. The second-order valence-electron chi connectivity index (χ2n) is 5.61. The normalized spacial score (nSPS) is 11.2. The molecule has 3 nitrogen and oxygen atoms in total. The van der Waals surface area contributed by atoms with Crippen molar-refractivity contribution in [2.24, 2.45) is 0 Å². The van der Waals surface area contributed by atoms with Gasteiger partial charge in [0.05, 0.1) is 5.54 Å². The van der Waals surface area contributed by atoms with Crippen molar-refractivity contribution in [2.45, 2.75) is 25.3 Å². The van der Waals surface area contributed by atoms with Gasteiger partial charge in [-0.15, -0.1) is 0 Å². The highest BCUT2D eigenvalue weighted by molar-refractivity contribution is 5.77. The molecule has 0 fully saturated rings. The Labute approximate surface area is 132 Å². The Bertz CT molecular complexity index is 541. The molecule has 116 valence electrons. The maximum absolute atomic E-state index is 12.3. The minimum absolute atomic E-state index is 0.0745. The second-order valence-corrected chi connectivity index (χ2v) is 5.61. The van der Waals surface area contributed by atoms with Gasteiger partial charge in [0.1, 0.15) is 0 Å². The summed E-state index contributed by atoms with van der Waals surface area (Å²) in [5.74, 6) is 0.0745. The standard InChI is InChI=1S/C19H24N2O/c1-19(16-10-5-3-6-11-16,17-12-7-4-8-13-17)21-18(22)14-9-15-20-2/h3-8,10-13,20H,9,14-15H2,1-2H3,(H,21,22). The van der Waals surface area contributed by atoms with E-state index in [1.54, 1.807) is 0 Å². The summed E-state index contributed by atoms with van der Waals surface area (Å²) in [7, 11) is 1.90. The van der Waals surface area contributed by atoms with E-state index in [2.05, 4.69) is 41.8 Å². The van der Waals surface area contributed by atoms with Gasteiger partial charge < -0.3 is 10.6 Å². The molecule has 3 heteroatoms. The van der Waals surface area contributed by atoms with Crippen LogP contribution in [0.4, 0.5) is 0 Å². The van der Waals surface area contributed by atoms with Crippen LogP contribution in [-0.4, -0.2) is 19.5 Å². The van der Waals surface area contributed by atoms with Crippen LogP contribution in [0.5, 0.6) is 0 Å². The highest BCUT2D eigenvalue weighted by atomic mass is 16.1. The quantitative estimate of drug-likeness (QED) is 0.771. The lowest BCUT2D eigenvalue weighted by atomic mass is 9.84. The molecule has 0 saturated carbocycles. The van der Waals surface area contributed by atoms with Crippen LogP contribution in [0, 0.1) is 0 Å². The number of hydrogen-bond donors (Lipinski definition) is 2. The Kier molecular flexibility index (Phi) is 5.73. The van der Waals surface area contributed by atoms with Crippen molar-refractivity contribution in [3.05, 3.63) is 71.8 Å². The number of carbonyl (C=O) groups excluding carboxylic acids is 1. The zero-order valence-electron chi connectivity index (χ0n) is 13.3. The van der Waals surface area contributed by atoms with Gasteiger partial charge in [0.2, 0.25) is 5.91 Å². The van der Waals surface area contributed by atoms with E-state index in [-0.39, 0.29) is 5.91 Å². The zero-order chi connectivity index (χ0) is 15.8. The summed E-state index contributed by atoms with van der Waals surface area (Å²) in [5.41, 5.74) is 1.66. The summed E-state index contributed by atoms with van der Waals surface area (Å²) in [4.78, 5) is 12.3. The molecule has 0 aliphatic carbocycles. The summed E-state index contributed by atoms with van der Waals surface area (Å²) in [5, 5.41) is 6.29. The number of carbonyl (C=O) groups is 1. The number of benzene rings is 2. The largest absolute Gasteiger partial charge is 0.343 e. The third kappa shape index (κ3) is 3.95. The van der Waals surface area contributed by atoms with Crippen LogP contribution in [0.15, 0.2) is 60.7 Å². The fraction of sp³-hybridized carbons (Fsp3) is 0.316. The van der Waals surface area contributed by atoms with Gasteiger partial charge in [0, 0.05) is 6.42 Å². The van der Waals surface area contributed by atoms with Crippen molar-refractivity contribution >= 4 is 5.91 Å². The fourth-order valence-corrected chi connectivity index (χ4v) is 2.62. The lowest BCUT2D eigenvalue weighted by Crippen LogP contribution is -2.44. The highest BCUT2D eigenvalue weighted by Crippen LogP contribution is 2.29. The first-order chi connectivity index (χ1) is 10.7. The lowest BCUT2D eigenvalue weighted by Gasteiger charge is -2.32. The van der Waals surface area contributed by atoms with E-state index < -0.39 is 5.54 Å². The van der Waals surface area contributed by atoms with Crippen LogP contribution in [0.2, 0.25) is 0 Å². The highest BCUT2D eigenvalue weighted by Gasteiger charge is 2.30. The summed E-state index contributed by atoms with van der Waals surface area (Å²) in [6.07, 6.45) is 1.36. The van der Waals surface area contributed by atoms with Gasteiger partial charge in [0.25, 0.3) is 0 Å². The van der Waals surface area contributed by atoms with E-state index in [0.29, 0.717) is 6.42 Å². The zero-order valence-corrected chi connectivity index (χ0v) is 13.3. The summed E-state index contributed by atoms with van der Waals surface area (Å²) in [6.45, 7) is 2.91. The van der Waals surface area contributed by atoms with Crippen LogP contribution in [0.1, 0.15) is 30.9 Å². The molecule has 0 spiro atoms. The van der Waals surface area contributed by atoms with Gasteiger partial charge in [-0.1, -0.05) is 60.7 Å². The van der Waals surface area contributed by atoms with Gasteiger partial charge in [0.15, 0.2) is 0 Å². The van der Waals surface area contributed by atoms with E-state index in [1.165, 1.54) is 0 Å². The molecule has 0 aliphatic rings. The minimum atomic E-state index is -0.515. The topological polar surface area (TPSA) is 41.1 Å². The Morgan fingerprint density at radius 2 is 1.45 bits per heavy atom. The average molecular weight is 296 g/mol. The molecule has 0 saturated heterocycles. The molecule has 2 rings (SSSR count). The number of rotatable bonds is 7. The maximum Gasteiger partial charge on any atom is 0.220 e. The van der Waals surface area contributed by atoms with Crippen molar-refractivity contribution in [1.82, 2.24) is 10.6 Å². The van der Waals surface area contributed by atoms with Crippen molar-refractivity contribution in [3.63, 3.8) is 0 Å². The Hall–Kier alpha value is -2.13. The minimum Gasteiger partial charge on any atom is -0.343 e. The molecule has 2 aromatic rings. The van der Waals surface area contributed by atoms with E-state index in [0.717, 1.165) is 24.1 Å². The maximum atomic E-state index is 12.3. The van der Waals surface area contributed by atoms with Gasteiger partial charge in [-0.2, -0.15) is 0 Å². The summed E-state index contributed by atoms with van der Waals surface area (Å²) >= 11 is 0. The molecule has 0 unspecified atom stereocenters. The van der Waals surface area contributed by atoms with Crippen molar-refractivity contribution in [1.29, 1.82) is 0 Å². The van der Waals surface area contributed by atoms with Crippen molar-refractivity contribution < 1.29 is 4.79 Å². The van der Waals surface area contributed by atoms with E-state index in [1.807, 2.05) is 43.4 Å². The Balaban J connectivity index is 2.25. The smallest absolute Gasteiger partial charge is 0.220 e. The van der Waals surface area contributed by atoms with Crippen LogP contribution in [-0.2, 0) is 10.3 Å². The fourth-order valence-electron chi connectivity index (χ4n) is 2.62. The Morgan fingerprint density at radius 3 is 1.91 bits per heavy atom. The molecule has 0 bridgehead atoms. The SMILES string of the molecule is CNCCCC(=O)NC(C)(c1ccccc1)c1ccccc1. The monoisotopic (exact) mass is 296 g/mol. The predicted octanol–water partition coefficient (Wildman–Crippen LogP) is 3.07. The van der Waals surface area contributed by atoms with E-state index >= 15 is 0 Å². The van der Waals surface area contributed by atoms with E-state index in [4.69, 9.17) is 0 Å². The molecule has 0 aromatic heterocycles. The predicted molar refractivity (Wildman–Crippen MR) is 90.6 cm³/mol. The molecule has 0 aliphatic heterocycles. The lowest BCUT2D eigenvalue weighted by molar-refractivity contribution is -0.122. The van der Waals surface area contributed by atoms with Gasteiger partial charge >= 0.3 is 0 Å². The van der Waals surface area contributed by atoms with Gasteiger partial charge in [-0.25, -0.2) is 0 Å². The molecule has 0 heterocycles. The van der Waals surface area contributed by atoms with Gasteiger partial charge in [-0.05, 0) is 38.1 Å². The van der Waals surface area contributed by atoms with Crippen molar-refractivity contribution in [3.8, 4) is 0 Å². The number of nitrogens with one attached hydrogen (secondary N) is 2. The third-order valence-corrected chi connectivity index (χ3v) is 3.92. The average Bonchev–Trinajstić information content (AvgIpc) is 2.56. The molecule has 2 N–H and O–H groups in total. The first kappa shape index (κ1) is 16.2. The Morgan fingerprint density at radius 1 is 0.955 bits per heavy atom. The molecule has 0 atom stereocenters. The van der Waals surface area contributed by atoms with Crippen LogP contribution in [0.25, 0.3) is 0 Å². The van der Waals surface area contributed by atoms with Crippen LogP contribution < -0.4 is 10.6 Å². The summed E-state index contributed by atoms with van der Waals surface area (Å²) in [6, 6.07) is 20.2. The molecule has 22 heavy (non-hydrogen) atoms. The molecular formula is C19H24N2O. The molecular weight excluding hydrogens is 272 g/mol. The van der Waals surface area contributed by atoms with Gasteiger partial charge in [-0.3, -0.25) is 4.79 Å². The number of hydrogen-bond acceptors (Lipinski definition) is 2. The first-order valence-electron chi connectivity index (χ1n) is 7.73. The van der Waals surface area contributed by atoms with E-state index in [9.17, 15) is 4.79 Å². The van der Waals surface area contributed by atoms with Crippen LogP contribution in [0.3, 0.4) is 0 Å². The number of amides is 1.